The molecular weight excluding hydrogens is 309 g/mol. The molecule has 0 unspecified atom stereocenters. The highest BCUT2D eigenvalue weighted by atomic mass is 35.5. The van der Waals surface area contributed by atoms with Crippen molar-refractivity contribution in [3.8, 4) is 0 Å². The number of benzene rings is 1. The lowest BCUT2D eigenvalue weighted by Gasteiger charge is -2.34. The molecule has 0 saturated carbocycles. The molecule has 1 aliphatic rings. The van der Waals surface area contributed by atoms with E-state index in [1.807, 2.05) is 6.92 Å². The summed E-state index contributed by atoms with van der Waals surface area (Å²) in [6, 6.07) is 5.31. The Labute approximate surface area is 132 Å². The van der Waals surface area contributed by atoms with E-state index in [0.717, 1.165) is 0 Å². The zero-order valence-electron chi connectivity index (χ0n) is 12.1. The number of nitrogens with zero attached hydrogens (tertiary/aromatic N) is 1. The third-order valence-electron chi connectivity index (χ3n) is 3.80. The summed E-state index contributed by atoms with van der Waals surface area (Å²) in [4.78, 5) is 28.8. The average Bonchev–Trinajstić information content (AvgIpc) is 2.47. The molecule has 1 amide bonds. The number of rotatable bonds is 1. The fraction of sp³-hybridized carbons (Fsp3) is 0.333. The van der Waals surface area contributed by atoms with E-state index in [2.05, 4.69) is 10.3 Å². The molecule has 1 aromatic carbocycles. The summed E-state index contributed by atoms with van der Waals surface area (Å²) in [6.07, 6.45) is 0. The molecule has 2 aromatic rings. The van der Waals surface area contributed by atoms with Crippen molar-refractivity contribution in [1.82, 2.24) is 15.2 Å². The highest BCUT2D eigenvalue weighted by molar-refractivity contribution is 6.06. The molecule has 0 radical (unpaired) electrons. The molecule has 0 aliphatic carbocycles. The maximum atomic E-state index is 13.5. The molecule has 1 aliphatic heterocycles. The van der Waals surface area contributed by atoms with E-state index >= 15 is 0 Å². The van der Waals surface area contributed by atoms with Crippen molar-refractivity contribution in [3.05, 3.63) is 46.0 Å². The number of aromatic amines is 1. The summed E-state index contributed by atoms with van der Waals surface area (Å²) in [7, 11) is 0. The van der Waals surface area contributed by atoms with E-state index in [4.69, 9.17) is 0 Å². The summed E-state index contributed by atoms with van der Waals surface area (Å²) in [6.45, 7) is 3.94. The van der Waals surface area contributed by atoms with Gasteiger partial charge in [0.05, 0.1) is 5.56 Å². The van der Waals surface area contributed by atoms with Crippen LogP contribution in [0.25, 0.3) is 10.9 Å². The van der Waals surface area contributed by atoms with Gasteiger partial charge in [-0.3, -0.25) is 9.59 Å². The minimum atomic E-state index is -0.433. The van der Waals surface area contributed by atoms with Crippen LogP contribution >= 0.6 is 12.4 Å². The first-order valence-electron chi connectivity index (χ1n) is 6.90. The van der Waals surface area contributed by atoms with Gasteiger partial charge in [-0.25, -0.2) is 4.39 Å². The molecule has 0 bridgehead atoms. The molecule has 3 rings (SSSR count). The monoisotopic (exact) mass is 325 g/mol. The van der Waals surface area contributed by atoms with Gasteiger partial charge in [-0.1, -0.05) is 0 Å². The average molecular weight is 326 g/mol. The van der Waals surface area contributed by atoms with Gasteiger partial charge in [-0.05, 0) is 25.1 Å². The number of pyridine rings is 1. The molecule has 1 aromatic heterocycles. The Morgan fingerprint density at radius 2 is 2.14 bits per heavy atom. The zero-order chi connectivity index (χ0) is 15.0. The first-order valence-corrected chi connectivity index (χ1v) is 6.90. The molecule has 1 saturated heterocycles. The van der Waals surface area contributed by atoms with Crippen LogP contribution in [0.3, 0.4) is 0 Å². The normalized spacial score (nSPS) is 18.1. The van der Waals surface area contributed by atoms with Gasteiger partial charge in [0, 0.05) is 42.6 Å². The van der Waals surface area contributed by atoms with Crippen LogP contribution in [0.4, 0.5) is 4.39 Å². The van der Waals surface area contributed by atoms with Gasteiger partial charge in [0.25, 0.3) is 5.91 Å². The van der Waals surface area contributed by atoms with Crippen LogP contribution < -0.4 is 10.9 Å². The number of H-pyrrole nitrogens is 1. The summed E-state index contributed by atoms with van der Waals surface area (Å²) < 4.78 is 13.5. The lowest BCUT2D eigenvalue weighted by Crippen LogP contribution is -2.52. The lowest BCUT2D eigenvalue weighted by atomic mass is 10.1. The Morgan fingerprint density at radius 3 is 2.86 bits per heavy atom. The maximum Gasteiger partial charge on any atom is 0.255 e. The van der Waals surface area contributed by atoms with Gasteiger partial charge in [-0.2, -0.15) is 0 Å². The second-order valence-corrected chi connectivity index (χ2v) is 5.29. The number of nitrogens with one attached hydrogen (secondary N) is 2. The Balaban J connectivity index is 0.00000176. The van der Waals surface area contributed by atoms with Crippen molar-refractivity contribution in [2.75, 3.05) is 19.6 Å². The van der Waals surface area contributed by atoms with Crippen molar-refractivity contribution in [2.24, 2.45) is 0 Å². The number of halogens is 2. The minimum Gasteiger partial charge on any atom is -0.333 e. The van der Waals surface area contributed by atoms with Crippen LogP contribution in [0, 0.1) is 5.82 Å². The van der Waals surface area contributed by atoms with E-state index in [1.165, 1.54) is 24.3 Å². The molecule has 118 valence electrons. The molecule has 7 heteroatoms. The Kier molecular flexibility index (Phi) is 4.83. The van der Waals surface area contributed by atoms with Gasteiger partial charge in [-0.15, -0.1) is 12.4 Å². The molecular formula is C15H17ClFN3O2. The molecule has 22 heavy (non-hydrogen) atoms. The summed E-state index contributed by atoms with van der Waals surface area (Å²) >= 11 is 0. The van der Waals surface area contributed by atoms with Gasteiger partial charge < -0.3 is 15.2 Å². The highest BCUT2D eigenvalue weighted by Gasteiger charge is 2.25. The topological polar surface area (TPSA) is 65.2 Å². The summed E-state index contributed by atoms with van der Waals surface area (Å²) in [5.41, 5.74) is 0.359. The molecule has 5 nitrogen and oxygen atoms in total. The predicted octanol–water partition coefficient (Wildman–Crippen LogP) is 1.52. The third kappa shape index (κ3) is 2.98. The predicted molar refractivity (Wildman–Crippen MR) is 85.1 cm³/mol. The van der Waals surface area contributed by atoms with Crippen LogP contribution in [0.1, 0.15) is 17.3 Å². The van der Waals surface area contributed by atoms with E-state index in [-0.39, 0.29) is 35.5 Å². The minimum absolute atomic E-state index is 0. The quantitative estimate of drug-likeness (QED) is 0.835. The van der Waals surface area contributed by atoms with Crippen molar-refractivity contribution in [2.45, 2.75) is 13.0 Å². The van der Waals surface area contributed by atoms with Gasteiger partial charge in [0.2, 0.25) is 5.56 Å². The highest BCUT2D eigenvalue weighted by Crippen LogP contribution is 2.19. The van der Waals surface area contributed by atoms with Crippen molar-refractivity contribution < 1.29 is 9.18 Å². The molecule has 2 N–H and O–H groups in total. The van der Waals surface area contributed by atoms with E-state index < -0.39 is 5.82 Å². The number of hydrogen-bond acceptors (Lipinski definition) is 3. The smallest absolute Gasteiger partial charge is 0.255 e. The van der Waals surface area contributed by atoms with Crippen LogP contribution in [0.15, 0.2) is 29.1 Å². The zero-order valence-corrected chi connectivity index (χ0v) is 12.9. The van der Waals surface area contributed by atoms with Gasteiger partial charge in [0.1, 0.15) is 5.82 Å². The Bertz CT molecular complexity index is 762. The first kappa shape index (κ1) is 16.5. The Morgan fingerprint density at radius 1 is 1.36 bits per heavy atom. The standard InChI is InChI=1S/C15H16FN3O2.ClH/c1-9-8-17-4-5-19(9)15(21)12-7-14(20)18-13-3-2-10(16)6-11(12)13;/h2-3,6-7,9,17H,4-5,8H2,1H3,(H,18,20);1H/t9-;/m1./s1. The van der Waals surface area contributed by atoms with E-state index in [9.17, 15) is 14.0 Å². The number of carbonyl (C=O) groups excluding carboxylic acids is 1. The Hall–Kier alpha value is -1.92. The maximum absolute atomic E-state index is 13.5. The van der Waals surface area contributed by atoms with E-state index in [0.29, 0.717) is 30.5 Å². The van der Waals surface area contributed by atoms with Crippen LogP contribution in [-0.4, -0.2) is 41.5 Å². The second-order valence-electron chi connectivity index (χ2n) is 5.29. The van der Waals surface area contributed by atoms with E-state index in [1.54, 1.807) is 4.90 Å². The fourth-order valence-corrected chi connectivity index (χ4v) is 2.70. The van der Waals surface area contributed by atoms with Crippen LogP contribution in [-0.2, 0) is 0 Å². The van der Waals surface area contributed by atoms with Crippen LogP contribution in [0.2, 0.25) is 0 Å². The van der Waals surface area contributed by atoms with Crippen molar-refractivity contribution >= 4 is 29.2 Å². The molecule has 2 heterocycles. The summed E-state index contributed by atoms with van der Waals surface area (Å²) in [5.74, 6) is -0.664. The summed E-state index contributed by atoms with van der Waals surface area (Å²) in [5, 5.41) is 3.64. The first-order chi connectivity index (χ1) is 10.1. The molecule has 1 atom stereocenters. The van der Waals surface area contributed by atoms with Gasteiger partial charge in [0.15, 0.2) is 0 Å². The second kappa shape index (κ2) is 6.46. The van der Waals surface area contributed by atoms with Crippen molar-refractivity contribution in [1.29, 1.82) is 0 Å². The largest absolute Gasteiger partial charge is 0.333 e. The lowest BCUT2D eigenvalue weighted by molar-refractivity contribution is 0.0657. The number of fused-ring (bicyclic) bond motifs is 1. The third-order valence-corrected chi connectivity index (χ3v) is 3.80. The molecule has 0 spiro atoms. The number of carbonyl (C=O) groups is 1. The number of hydrogen-bond donors (Lipinski definition) is 2. The number of amides is 1. The molecule has 1 fully saturated rings. The van der Waals surface area contributed by atoms with Gasteiger partial charge >= 0.3 is 0 Å². The SMILES string of the molecule is C[C@@H]1CNCCN1C(=O)c1cc(=O)[nH]c2ccc(F)cc12.Cl. The van der Waals surface area contributed by atoms with Crippen LogP contribution in [0.5, 0.6) is 0 Å². The fourth-order valence-electron chi connectivity index (χ4n) is 2.70. The van der Waals surface area contributed by atoms with Crippen molar-refractivity contribution in [3.63, 3.8) is 0 Å². The number of piperazine rings is 1. The number of aromatic nitrogens is 1.